The van der Waals surface area contributed by atoms with Gasteiger partial charge in [-0.1, -0.05) is 59.8 Å². The van der Waals surface area contributed by atoms with E-state index in [4.69, 9.17) is 0 Å². The molecular weight excluding hydrogens is 342 g/mol. The molecule has 1 amide bonds. The SMILES string of the molecule is CCCCCC[C@H]1C[C@H]2C3C(C)C[C@H]4N(C)C(=O)CC[C@]4(C)[C@H]3CC[C@]2(C)C1. The number of piperidine rings is 1. The Morgan fingerprint density at radius 1 is 1.07 bits per heavy atom. The molecule has 0 aromatic heterocycles. The van der Waals surface area contributed by atoms with E-state index in [9.17, 15) is 4.79 Å². The second kappa shape index (κ2) is 7.62. The summed E-state index contributed by atoms with van der Waals surface area (Å²) in [5.74, 6) is 4.84. The largest absolute Gasteiger partial charge is 0.342 e. The molecule has 28 heavy (non-hydrogen) atoms. The molecule has 3 saturated carbocycles. The minimum atomic E-state index is 0.361. The number of carbonyl (C=O) groups excluding carboxylic acids is 1. The lowest BCUT2D eigenvalue weighted by atomic mass is 9.45. The predicted octanol–water partition coefficient (Wildman–Crippen LogP) is 6.68. The number of nitrogens with zero attached hydrogens (tertiary/aromatic N) is 1. The molecule has 1 aliphatic heterocycles. The van der Waals surface area contributed by atoms with Gasteiger partial charge < -0.3 is 4.90 Å². The lowest BCUT2D eigenvalue weighted by molar-refractivity contribution is -0.164. The fourth-order valence-electron chi connectivity index (χ4n) is 8.75. The summed E-state index contributed by atoms with van der Waals surface area (Å²) < 4.78 is 0. The Kier molecular flexibility index (Phi) is 5.64. The Hall–Kier alpha value is -0.530. The minimum Gasteiger partial charge on any atom is -0.342 e. The van der Waals surface area contributed by atoms with Gasteiger partial charge in [0.2, 0.25) is 5.91 Å². The Labute approximate surface area is 174 Å². The van der Waals surface area contributed by atoms with Gasteiger partial charge in [-0.2, -0.15) is 0 Å². The van der Waals surface area contributed by atoms with Crippen LogP contribution in [0.2, 0.25) is 0 Å². The van der Waals surface area contributed by atoms with Gasteiger partial charge in [0.15, 0.2) is 0 Å². The number of hydrogen-bond donors (Lipinski definition) is 0. The van der Waals surface area contributed by atoms with Crippen LogP contribution in [0.5, 0.6) is 0 Å². The van der Waals surface area contributed by atoms with Gasteiger partial charge >= 0.3 is 0 Å². The van der Waals surface area contributed by atoms with E-state index in [1.165, 1.54) is 64.2 Å². The van der Waals surface area contributed by atoms with Crippen molar-refractivity contribution in [2.75, 3.05) is 7.05 Å². The van der Waals surface area contributed by atoms with E-state index in [2.05, 4.69) is 39.6 Å². The van der Waals surface area contributed by atoms with Gasteiger partial charge in [-0.15, -0.1) is 0 Å². The van der Waals surface area contributed by atoms with Crippen LogP contribution in [0.15, 0.2) is 0 Å². The van der Waals surface area contributed by atoms with Crippen molar-refractivity contribution >= 4 is 5.91 Å². The van der Waals surface area contributed by atoms with Crippen molar-refractivity contribution < 1.29 is 4.79 Å². The van der Waals surface area contributed by atoms with Crippen molar-refractivity contribution in [2.45, 2.75) is 111 Å². The zero-order valence-electron chi connectivity index (χ0n) is 19.3. The molecule has 160 valence electrons. The van der Waals surface area contributed by atoms with E-state index >= 15 is 0 Å². The maximum atomic E-state index is 12.4. The highest BCUT2D eigenvalue weighted by atomic mass is 16.2. The summed E-state index contributed by atoms with van der Waals surface area (Å²) in [4.78, 5) is 14.6. The monoisotopic (exact) mass is 387 g/mol. The summed E-state index contributed by atoms with van der Waals surface area (Å²) in [6, 6.07) is 0.487. The van der Waals surface area contributed by atoms with Crippen LogP contribution >= 0.6 is 0 Å². The molecule has 2 nitrogen and oxygen atoms in total. The van der Waals surface area contributed by atoms with E-state index in [-0.39, 0.29) is 0 Å². The van der Waals surface area contributed by atoms with E-state index in [0.29, 0.717) is 22.8 Å². The lowest BCUT2D eigenvalue weighted by Crippen LogP contribution is -2.62. The molecule has 4 fully saturated rings. The highest BCUT2D eigenvalue weighted by Crippen LogP contribution is 2.67. The summed E-state index contributed by atoms with van der Waals surface area (Å²) >= 11 is 0. The van der Waals surface area contributed by atoms with Crippen LogP contribution in [0.4, 0.5) is 0 Å². The minimum absolute atomic E-state index is 0.361. The van der Waals surface area contributed by atoms with E-state index < -0.39 is 0 Å². The van der Waals surface area contributed by atoms with Crippen LogP contribution in [-0.2, 0) is 4.79 Å². The molecule has 1 saturated heterocycles. The number of carbonyl (C=O) groups is 1. The number of rotatable bonds is 5. The molecule has 4 aliphatic rings. The van der Waals surface area contributed by atoms with Crippen LogP contribution in [0, 0.1) is 40.4 Å². The summed E-state index contributed by atoms with van der Waals surface area (Å²) in [7, 11) is 2.09. The Morgan fingerprint density at radius 2 is 1.86 bits per heavy atom. The molecule has 8 atom stereocenters. The molecular formula is C26H45NO. The van der Waals surface area contributed by atoms with Crippen LogP contribution in [0.3, 0.4) is 0 Å². The van der Waals surface area contributed by atoms with Crippen LogP contribution in [-0.4, -0.2) is 23.9 Å². The fraction of sp³-hybridized carbons (Fsp3) is 0.962. The van der Waals surface area contributed by atoms with Crippen molar-refractivity contribution in [2.24, 2.45) is 40.4 Å². The third kappa shape index (κ3) is 3.25. The van der Waals surface area contributed by atoms with Crippen molar-refractivity contribution in [3.63, 3.8) is 0 Å². The van der Waals surface area contributed by atoms with Crippen molar-refractivity contribution in [1.82, 2.24) is 4.90 Å². The Bertz CT molecular complexity index is 587. The van der Waals surface area contributed by atoms with Crippen molar-refractivity contribution in [1.29, 1.82) is 0 Å². The number of unbranched alkanes of at least 4 members (excludes halogenated alkanes) is 3. The molecule has 2 unspecified atom stereocenters. The number of likely N-dealkylation sites (tertiary alicyclic amines) is 1. The summed E-state index contributed by atoms with van der Waals surface area (Å²) in [5.41, 5.74) is 0.963. The first kappa shape index (κ1) is 20.7. The zero-order chi connectivity index (χ0) is 20.1. The summed E-state index contributed by atoms with van der Waals surface area (Å²) in [5, 5.41) is 0. The maximum Gasteiger partial charge on any atom is 0.222 e. The molecule has 0 spiro atoms. The predicted molar refractivity (Wildman–Crippen MR) is 117 cm³/mol. The van der Waals surface area contributed by atoms with Gasteiger partial charge in [-0.25, -0.2) is 0 Å². The molecule has 0 N–H and O–H groups in total. The Morgan fingerprint density at radius 3 is 2.61 bits per heavy atom. The van der Waals surface area contributed by atoms with Gasteiger partial charge in [-0.3, -0.25) is 4.79 Å². The molecule has 0 aromatic rings. The molecule has 1 heterocycles. The fourth-order valence-corrected chi connectivity index (χ4v) is 8.75. The van der Waals surface area contributed by atoms with Crippen LogP contribution < -0.4 is 0 Å². The van der Waals surface area contributed by atoms with Gasteiger partial charge in [-0.05, 0) is 78.9 Å². The third-order valence-corrected chi connectivity index (χ3v) is 10.3. The third-order valence-electron chi connectivity index (χ3n) is 10.3. The first-order chi connectivity index (χ1) is 13.3. The Balaban J connectivity index is 1.52. The average Bonchev–Trinajstić information content (AvgIpc) is 3.00. The summed E-state index contributed by atoms with van der Waals surface area (Å²) in [6.07, 6.45) is 16.2. The topological polar surface area (TPSA) is 20.3 Å². The van der Waals surface area contributed by atoms with Gasteiger partial charge in [0.05, 0.1) is 0 Å². The highest BCUT2D eigenvalue weighted by molar-refractivity contribution is 5.77. The first-order valence-electron chi connectivity index (χ1n) is 12.6. The van der Waals surface area contributed by atoms with Crippen LogP contribution in [0.25, 0.3) is 0 Å². The number of fused-ring (bicyclic) bond motifs is 5. The van der Waals surface area contributed by atoms with Crippen molar-refractivity contribution in [3.05, 3.63) is 0 Å². The highest BCUT2D eigenvalue weighted by Gasteiger charge is 2.61. The number of amides is 1. The standard InChI is InChI=1S/C26H45NO/c1-6-7-8-9-10-19-16-21-24-18(2)15-22-26(4,14-12-23(28)27(22)5)20(24)11-13-25(21,3)17-19/h18-22,24H,6-17H2,1-5H3/t18?,19-,20-,21-,22+,24?,25+,26+/m0/s1. The van der Waals surface area contributed by atoms with E-state index in [1.807, 2.05) is 0 Å². The van der Waals surface area contributed by atoms with Crippen LogP contribution in [0.1, 0.15) is 105 Å². The molecule has 2 heteroatoms. The maximum absolute atomic E-state index is 12.4. The second-order valence-corrected chi connectivity index (χ2v) is 11.9. The molecule has 3 aliphatic carbocycles. The van der Waals surface area contributed by atoms with Crippen molar-refractivity contribution in [3.8, 4) is 0 Å². The van der Waals surface area contributed by atoms with Gasteiger partial charge in [0.25, 0.3) is 0 Å². The molecule has 0 aromatic carbocycles. The normalized spacial score (nSPS) is 48.2. The first-order valence-corrected chi connectivity index (χ1v) is 12.6. The molecule has 0 radical (unpaired) electrons. The van der Waals surface area contributed by atoms with Gasteiger partial charge in [0, 0.05) is 19.5 Å². The second-order valence-electron chi connectivity index (χ2n) is 11.9. The lowest BCUT2D eigenvalue weighted by Gasteiger charge is -2.63. The van der Waals surface area contributed by atoms with E-state index in [0.717, 1.165) is 42.4 Å². The zero-order valence-corrected chi connectivity index (χ0v) is 19.3. The van der Waals surface area contributed by atoms with E-state index in [1.54, 1.807) is 0 Å². The smallest absolute Gasteiger partial charge is 0.222 e. The molecule has 0 bridgehead atoms. The van der Waals surface area contributed by atoms with Gasteiger partial charge in [0.1, 0.15) is 0 Å². The molecule has 4 rings (SSSR count). The summed E-state index contributed by atoms with van der Waals surface area (Å²) in [6.45, 7) is 10.1. The number of hydrogen-bond acceptors (Lipinski definition) is 1. The quantitative estimate of drug-likeness (QED) is 0.482. The average molecular weight is 388 g/mol.